The quantitative estimate of drug-likeness (QED) is 0.388. The van der Waals surface area contributed by atoms with Crippen LogP contribution in [0.5, 0.6) is 0 Å². The molecule has 2 aromatic rings. The number of rotatable bonds is 3. The Morgan fingerprint density at radius 3 is 2.03 bits per heavy atom. The number of thiocarbonyl (C=S) groups is 1. The molecule has 158 valence electrons. The summed E-state index contributed by atoms with van der Waals surface area (Å²) in [7, 11) is 0. The van der Waals surface area contributed by atoms with Gasteiger partial charge in [0.1, 0.15) is 0 Å². The van der Waals surface area contributed by atoms with Gasteiger partial charge in [-0.3, -0.25) is 30.6 Å². The summed E-state index contributed by atoms with van der Waals surface area (Å²) in [5.74, 6) is -1.05. The molecule has 0 saturated heterocycles. The molecule has 0 aliphatic carbocycles. The molecule has 0 fully saturated rings. The smallest absolute Gasteiger partial charge is 0.269 e. The summed E-state index contributed by atoms with van der Waals surface area (Å²) in [4.78, 5) is 35.6. The van der Waals surface area contributed by atoms with Crippen LogP contribution in [-0.2, 0) is 10.2 Å². The van der Waals surface area contributed by atoms with Gasteiger partial charge in [0.2, 0.25) is 5.91 Å². The van der Waals surface area contributed by atoms with Gasteiger partial charge in [0, 0.05) is 28.2 Å². The Labute approximate surface area is 189 Å². The molecule has 0 unspecified atom stereocenters. The number of benzene rings is 2. The maximum atomic E-state index is 12.4. The van der Waals surface area contributed by atoms with Gasteiger partial charge in [0.25, 0.3) is 11.8 Å². The summed E-state index contributed by atoms with van der Waals surface area (Å²) in [5, 5.41) is 5.09. The predicted molar refractivity (Wildman–Crippen MR) is 124 cm³/mol. The number of halogens is 1. The molecule has 7 nitrogen and oxygen atoms in total. The van der Waals surface area contributed by atoms with E-state index in [1.807, 2.05) is 6.07 Å². The molecule has 3 amide bonds. The lowest BCUT2D eigenvalue weighted by molar-refractivity contribution is -0.114. The van der Waals surface area contributed by atoms with Crippen LogP contribution in [0.1, 0.15) is 54.0 Å². The summed E-state index contributed by atoms with van der Waals surface area (Å²) in [6, 6.07) is 11.7. The van der Waals surface area contributed by atoms with Gasteiger partial charge in [-0.2, -0.15) is 0 Å². The highest BCUT2D eigenvalue weighted by molar-refractivity contribution is 9.10. The molecular weight excluding hydrogens is 468 g/mol. The third-order valence-corrected chi connectivity index (χ3v) is 4.88. The average Bonchev–Trinajstić information content (AvgIpc) is 2.65. The Balaban J connectivity index is 1.91. The van der Waals surface area contributed by atoms with Gasteiger partial charge in [0.05, 0.1) is 0 Å². The molecule has 30 heavy (non-hydrogen) atoms. The number of anilines is 1. The molecule has 0 heterocycles. The number of hydrogen-bond acceptors (Lipinski definition) is 4. The lowest BCUT2D eigenvalue weighted by atomic mass is 9.86. The van der Waals surface area contributed by atoms with E-state index in [0.29, 0.717) is 16.8 Å². The molecule has 0 radical (unpaired) electrons. The number of carbonyl (C=O) groups excluding carboxylic acids is 3. The number of hydrogen-bond donors (Lipinski definition) is 4. The molecule has 2 aromatic carbocycles. The van der Waals surface area contributed by atoms with E-state index in [2.05, 4.69) is 58.2 Å². The fraction of sp³-hybridized carbons (Fsp3) is 0.238. The van der Waals surface area contributed by atoms with Gasteiger partial charge in [-0.15, -0.1) is 0 Å². The van der Waals surface area contributed by atoms with Gasteiger partial charge in [-0.1, -0.05) is 42.8 Å². The van der Waals surface area contributed by atoms with E-state index in [4.69, 9.17) is 12.2 Å². The zero-order valence-corrected chi connectivity index (χ0v) is 19.5. The summed E-state index contributed by atoms with van der Waals surface area (Å²) in [6.45, 7) is 7.66. The Hall–Kier alpha value is -2.78. The second-order valence-electron chi connectivity index (χ2n) is 7.57. The van der Waals surface area contributed by atoms with Crippen molar-refractivity contribution in [2.45, 2.75) is 33.1 Å². The van der Waals surface area contributed by atoms with Crippen molar-refractivity contribution >= 4 is 56.7 Å². The van der Waals surface area contributed by atoms with E-state index >= 15 is 0 Å². The topological polar surface area (TPSA) is 99.3 Å². The van der Waals surface area contributed by atoms with E-state index < -0.39 is 11.8 Å². The predicted octanol–water partition coefficient (Wildman–Crippen LogP) is 3.65. The van der Waals surface area contributed by atoms with Gasteiger partial charge in [0.15, 0.2) is 5.11 Å². The van der Waals surface area contributed by atoms with Crippen molar-refractivity contribution in [1.29, 1.82) is 0 Å². The van der Waals surface area contributed by atoms with Crippen molar-refractivity contribution < 1.29 is 14.4 Å². The van der Waals surface area contributed by atoms with E-state index in [-0.39, 0.29) is 16.4 Å². The zero-order chi connectivity index (χ0) is 22.5. The van der Waals surface area contributed by atoms with Crippen LogP contribution in [0.3, 0.4) is 0 Å². The van der Waals surface area contributed by atoms with Crippen LogP contribution in [0, 0.1) is 0 Å². The second kappa shape index (κ2) is 9.82. The van der Waals surface area contributed by atoms with Crippen molar-refractivity contribution in [3.05, 3.63) is 63.6 Å². The largest absolute Gasteiger partial charge is 0.326 e. The van der Waals surface area contributed by atoms with Crippen LogP contribution in [-0.4, -0.2) is 22.8 Å². The lowest BCUT2D eigenvalue weighted by Crippen LogP contribution is -2.48. The fourth-order valence-corrected chi connectivity index (χ4v) is 3.68. The molecule has 0 aliphatic rings. The molecule has 0 aromatic heterocycles. The summed E-state index contributed by atoms with van der Waals surface area (Å²) in [6.07, 6.45) is 0. The Kier molecular flexibility index (Phi) is 7.69. The van der Waals surface area contributed by atoms with E-state index in [1.54, 1.807) is 36.4 Å². The molecule has 0 saturated carbocycles. The van der Waals surface area contributed by atoms with Gasteiger partial charge < -0.3 is 5.32 Å². The fourth-order valence-electron chi connectivity index (χ4n) is 2.57. The second-order valence-corrected chi connectivity index (χ2v) is 8.83. The normalized spacial score (nSPS) is 10.7. The van der Waals surface area contributed by atoms with Crippen molar-refractivity contribution in [2.24, 2.45) is 0 Å². The monoisotopic (exact) mass is 490 g/mol. The van der Waals surface area contributed by atoms with Crippen LogP contribution in [0.25, 0.3) is 0 Å². The number of nitrogens with one attached hydrogen (secondary N) is 4. The van der Waals surface area contributed by atoms with Gasteiger partial charge >= 0.3 is 0 Å². The minimum atomic E-state index is -0.446. The molecule has 0 atom stereocenters. The molecule has 0 aliphatic heterocycles. The molecule has 0 spiro atoms. The third-order valence-electron chi connectivity index (χ3n) is 4.02. The molecule has 9 heteroatoms. The first kappa shape index (κ1) is 23.5. The standard InChI is InChI=1S/C21H23BrN4O3S/c1-12(27)23-15-8-5-13(6-9-15)19(29)25-26-20(30)24-18(28)14-7-10-16(17(22)11-14)21(2,3)4/h5-11H,1-4H3,(H,23,27)(H,25,29)(H2,24,26,28,30). The first-order chi connectivity index (χ1) is 14.0. The average molecular weight is 491 g/mol. The van der Waals surface area contributed by atoms with Crippen molar-refractivity contribution in [1.82, 2.24) is 16.2 Å². The van der Waals surface area contributed by atoms with Crippen LogP contribution in [0.15, 0.2) is 46.9 Å². The third kappa shape index (κ3) is 6.64. The Bertz CT molecular complexity index is 985. The van der Waals surface area contributed by atoms with E-state index in [0.717, 1.165) is 10.0 Å². The SMILES string of the molecule is CC(=O)Nc1ccc(C(=O)NNC(=S)NC(=O)c2ccc(C(C)(C)C)c(Br)c2)cc1. The molecular formula is C21H23BrN4O3S. The Morgan fingerprint density at radius 2 is 1.50 bits per heavy atom. The lowest BCUT2D eigenvalue weighted by Gasteiger charge is -2.21. The maximum absolute atomic E-state index is 12.4. The maximum Gasteiger partial charge on any atom is 0.269 e. The molecule has 2 rings (SSSR count). The first-order valence-corrected chi connectivity index (χ1v) is 10.3. The summed E-state index contributed by atoms with van der Waals surface area (Å²) >= 11 is 8.57. The van der Waals surface area contributed by atoms with Crippen molar-refractivity contribution in [3.8, 4) is 0 Å². The van der Waals surface area contributed by atoms with Gasteiger partial charge in [-0.05, 0) is 59.6 Å². The van der Waals surface area contributed by atoms with Gasteiger partial charge in [-0.25, -0.2) is 0 Å². The van der Waals surface area contributed by atoms with Crippen molar-refractivity contribution in [2.75, 3.05) is 5.32 Å². The number of carbonyl (C=O) groups is 3. The van der Waals surface area contributed by atoms with E-state index in [9.17, 15) is 14.4 Å². The summed E-state index contributed by atoms with van der Waals surface area (Å²) in [5.41, 5.74) is 7.30. The first-order valence-electron chi connectivity index (χ1n) is 9.06. The van der Waals surface area contributed by atoms with Crippen LogP contribution in [0.4, 0.5) is 5.69 Å². The highest BCUT2D eigenvalue weighted by atomic mass is 79.9. The Morgan fingerprint density at radius 1 is 0.900 bits per heavy atom. The highest BCUT2D eigenvalue weighted by Gasteiger charge is 2.18. The minimum absolute atomic E-state index is 0.0424. The van der Waals surface area contributed by atoms with Crippen LogP contribution >= 0.6 is 28.1 Å². The minimum Gasteiger partial charge on any atom is -0.326 e. The summed E-state index contributed by atoms with van der Waals surface area (Å²) < 4.78 is 0.831. The molecule has 0 bridgehead atoms. The number of hydrazine groups is 1. The number of amides is 3. The highest BCUT2D eigenvalue weighted by Crippen LogP contribution is 2.30. The zero-order valence-electron chi connectivity index (χ0n) is 17.1. The van der Waals surface area contributed by atoms with E-state index in [1.165, 1.54) is 6.92 Å². The molecule has 4 N–H and O–H groups in total. The van der Waals surface area contributed by atoms with Crippen molar-refractivity contribution in [3.63, 3.8) is 0 Å². The van der Waals surface area contributed by atoms with Crippen LogP contribution in [0.2, 0.25) is 0 Å². The van der Waals surface area contributed by atoms with Crippen LogP contribution < -0.4 is 21.5 Å².